The molecule has 3 N–H and O–H groups in total. The maximum absolute atomic E-state index is 13.3. The Balaban J connectivity index is 1.40. The van der Waals surface area contributed by atoms with E-state index >= 15 is 0 Å². The molecule has 1 aliphatic heterocycles. The lowest BCUT2D eigenvalue weighted by Gasteiger charge is -2.27. The van der Waals surface area contributed by atoms with Crippen molar-refractivity contribution in [2.45, 2.75) is 24.7 Å². The molecule has 0 saturated heterocycles. The maximum atomic E-state index is 13.3. The van der Waals surface area contributed by atoms with Crippen LogP contribution in [0.5, 0.6) is 5.75 Å². The number of hydrogen-bond acceptors (Lipinski definition) is 5. The van der Waals surface area contributed by atoms with E-state index in [2.05, 4.69) is 27.6 Å². The number of carboxylic acid groups (broad SMARTS) is 1. The minimum absolute atomic E-state index is 0.111. The molecule has 2 aromatic carbocycles. The van der Waals surface area contributed by atoms with E-state index in [4.69, 9.17) is 9.84 Å². The summed E-state index contributed by atoms with van der Waals surface area (Å²) in [6, 6.07) is 13.1. The molecule has 8 nitrogen and oxygen atoms in total. The predicted octanol–water partition coefficient (Wildman–Crippen LogP) is 3.81. The van der Waals surface area contributed by atoms with Gasteiger partial charge in [-0.2, -0.15) is 10.4 Å². The molecule has 0 radical (unpaired) electrons. The third-order valence-corrected chi connectivity index (χ3v) is 6.64. The Labute approximate surface area is 195 Å². The van der Waals surface area contributed by atoms with Crippen LogP contribution in [0, 0.1) is 17.2 Å². The fourth-order valence-electron chi connectivity index (χ4n) is 4.78. The molecule has 1 amide bonds. The van der Waals surface area contributed by atoms with E-state index in [-0.39, 0.29) is 17.2 Å². The van der Waals surface area contributed by atoms with Crippen molar-refractivity contribution >= 4 is 17.6 Å². The molecule has 2 heterocycles. The molecule has 0 bridgehead atoms. The number of anilines is 1. The van der Waals surface area contributed by atoms with Crippen LogP contribution in [-0.2, 0) is 21.4 Å². The van der Waals surface area contributed by atoms with E-state index in [9.17, 15) is 14.9 Å². The zero-order valence-corrected chi connectivity index (χ0v) is 18.2. The van der Waals surface area contributed by atoms with Crippen molar-refractivity contribution in [3.05, 3.63) is 77.6 Å². The van der Waals surface area contributed by atoms with Crippen LogP contribution in [0.1, 0.15) is 29.5 Å². The zero-order valence-electron chi connectivity index (χ0n) is 18.2. The third kappa shape index (κ3) is 3.92. The predicted molar refractivity (Wildman–Crippen MR) is 124 cm³/mol. The van der Waals surface area contributed by atoms with E-state index in [1.165, 1.54) is 6.08 Å². The van der Waals surface area contributed by atoms with Crippen LogP contribution in [0.3, 0.4) is 0 Å². The van der Waals surface area contributed by atoms with Gasteiger partial charge in [0.15, 0.2) is 0 Å². The lowest BCUT2D eigenvalue weighted by Crippen LogP contribution is -2.27. The van der Waals surface area contributed by atoms with Crippen molar-refractivity contribution in [3.8, 4) is 22.9 Å². The van der Waals surface area contributed by atoms with Gasteiger partial charge in [0, 0.05) is 40.4 Å². The van der Waals surface area contributed by atoms with Crippen molar-refractivity contribution < 1.29 is 19.4 Å². The highest BCUT2D eigenvalue weighted by molar-refractivity contribution is 5.97. The van der Waals surface area contributed by atoms with Crippen LogP contribution in [0.15, 0.2) is 60.9 Å². The summed E-state index contributed by atoms with van der Waals surface area (Å²) in [5.74, 6) is -0.560. The Morgan fingerprint density at radius 1 is 1.29 bits per heavy atom. The van der Waals surface area contributed by atoms with Gasteiger partial charge in [0.2, 0.25) is 5.91 Å². The Bertz CT molecular complexity index is 1340. The molecule has 170 valence electrons. The highest BCUT2D eigenvalue weighted by Crippen LogP contribution is 2.61. The number of aromatic nitrogens is 2. The number of aromatic amines is 1. The number of nitriles is 1. The molecule has 2 aliphatic rings. The standard InChI is InChI=1S/C26H22N4O4/c27-13-16-4-5-17(2-1-3-24(31)32)22(10-16)30-25(33)21-12-26(21)8-9-34-23-7-6-18(11-20(23)26)19-14-28-29-15-19/h1,3-7,10-11,14-15,21H,2,8-9,12H2,(H,28,29)(H,30,33)(H,31,32)/t21-,26-/m0/s1. The second-order valence-corrected chi connectivity index (χ2v) is 8.63. The number of benzene rings is 2. The van der Waals surface area contributed by atoms with Gasteiger partial charge in [0.05, 0.1) is 24.4 Å². The average molecular weight is 454 g/mol. The van der Waals surface area contributed by atoms with Crippen molar-refractivity contribution in [2.75, 3.05) is 11.9 Å². The fraction of sp³-hybridized carbons (Fsp3) is 0.231. The highest BCUT2D eigenvalue weighted by Gasteiger charge is 2.61. The summed E-state index contributed by atoms with van der Waals surface area (Å²) in [7, 11) is 0. The van der Waals surface area contributed by atoms with Crippen molar-refractivity contribution in [2.24, 2.45) is 5.92 Å². The molecule has 3 aromatic rings. The Kier molecular flexibility index (Phi) is 5.38. The van der Waals surface area contributed by atoms with E-state index in [0.29, 0.717) is 24.3 Å². The minimum atomic E-state index is -1.04. The lowest BCUT2D eigenvalue weighted by molar-refractivity contribution is -0.131. The van der Waals surface area contributed by atoms with Crippen LogP contribution in [0.2, 0.25) is 0 Å². The zero-order chi connectivity index (χ0) is 23.7. The second-order valence-electron chi connectivity index (χ2n) is 8.63. The number of nitrogens with zero attached hydrogens (tertiary/aromatic N) is 2. The molecule has 5 rings (SSSR count). The van der Waals surface area contributed by atoms with E-state index in [0.717, 1.165) is 46.9 Å². The second kappa shape index (κ2) is 8.52. The van der Waals surface area contributed by atoms with Crippen LogP contribution in [0.4, 0.5) is 5.69 Å². The van der Waals surface area contributed by atoms with Crippen molar-refractivity contribution in [1.82, 2.24) is 10.2 Å². The molecular weight excluding hydrogens is 432 g/mol. The number of ether oxygens (including phenoxy) is 1. The van der Waals surface area contributed by atoms with Gasteiger partial charge in [0.25, 0.3) is 0 Å². The van der Waals surface area contributed by atoms with Crippen LogP contribution in [-0.4, -0.2) is 33.8 Å². The summed E-state index contributed by atoms with van der Waals surface area (Å²) in [5, 5.41) is 28.0. The first kappa shape index (κ1) is 21.5. The quantitative estimate of drug-likeness (QED) is 0.486. The number of carbonyl (C=O) groups excluding carboxylic acids is 1. The molecule has 8 heteroatoms. The number of allylic oxidation sites excluding steroid dienone is 1. The topological polar surface area (TPSA) is 128 Å². The molecule has 1 aromatic heterocycles. The molecule has 1 saturated carbocycles. The monoisotopic (exact) mass is 454 g/mol. The van der Waals surface area contributed by atoms with Gasteiger partial charge in [-0.3, -0.25) is 9.89 Å². The van der Waals surface area contributed by atoms with Gasteiger partial charge in [-0.1, -0.05) is 18.2 Å². The first-order valence-electron chi connectivity index (χ1n) is 11.0. The summed E-state index contributed by atoms with van der Waals surface area (Å²) in [6.45, 7) is 0.553. The summed E-state index contributed by atoms with van der Waals surface area (Å²) in [5.41, 5.74) is 4.43. The normalized spacial score (nSPS) is 20.4. The summed E-state index contributed by atoms with van der Waals surface area (Å²) in [4.78, 5) is 24.2. The first-order valence-corrected chi connectivity index (χ1v) is 11.0. The summed E-state index contributed by atoms with van der Waals surface area (Å²) in [6.07, 6.45) is 7.97. The molecule has 2 atom stereocenters. The Morgan fingerprint density at radius 3 is 2.94 bits per heavy atom. The van der Waals surface area contributed by atoms with Gasteiger partial charge < -0.3 is 15.2 Å². The summed E-state index contributed by atoms with van der Waals surface area (Å²) >= 11 is 0. The van der Waals surface area contributed by atoms with Gasteiger partial charge in [-0.05, 0) is 54.7 Å². The van der Waals surface area contributed by atoms with E-state index in [1.807, 2.05) is 18.3 Å². The van der Waals surface area contributed by atoms with Gasteiger partial charge in [0.1, 0.15) is 5.75 Å². The minimum Gasteiger partial charge on any atom is -0.493 e. The number of hydrogen-bond donors (Lipinski definition) is 3. The first-order chi connectivity index (χ1) is 16.5. The molecule has 34 heavy (non-hydrogen) atoms. The number of carbonyl (C=O) groups is 2. The van der Waals surface area contributed by atoms with Crippen molar-refractivity contribution in [1.29, 1.82) is 5.26 Å². The molecule has 1 spiro atoms. The summed E-state index contributed by atoms with van der Waals surface area (Å²) < 4.78 is 5.88. The molecular formula is C26H22N4O4. The van der Waals surface area contributed by atoms with Crippen molar-refractivity contribution in [3.63, 3.8) is 0 Å². The number of carboxylic acids is 1. The SMILES string of the molecule is N#Cc1ccc(CC=CC(=O)O)c(NC(=O)[C@@H]2C[C@]23CCOc2ccc(-c4cn[nH]c4)cc23)c1. The molecule has 0 unspecified atom stereocenters. The Morgan fingerprint density at radius 2 is 2.18 bits per heavy atom. The van der Waals surface area contributed by atoms with Gasteiger partial charge >= 0.3 is 5.97 Å². The number of nitrogens with one attached hydrogen (secondary N) is 2. The van der Waals surface area contributed by atoms with E-state index in [1.54, 1.807) is 24.4 Å². The number of aliphatic carboxylic acids is 1. The Hall–Kier alpha value is -4.38. The highest BCUT2D eigenvalue weighted by atomic mass is 16.5. The van der Waals surface area contributed by atoms with Crippen LogP contribution >= 0.6 is 0 Å². The van der Waals surface area contributed by atoms with Gasteiger partial charge in [-0.15, -0.1) is 0 Å². The third-order valence-electron chi connectivity index (χ3n) is 6.64. The average Bonchev–Trinajstić information content (AvgIpc) is 3.28. The smallest absolute Gasteiger partial charge is 0.327 e. The molecule has 1 fully saturated rings. The number of rotatable bonds is 6. The van der Waals surface area contributed by atoms with Gasteiger partial charge in [-0.25, -0.2) is 4.79 Å². The largest absolute Gasteiger partial charge is 0.493 e. The maximum Gasteiger partial charge on any atom is 0.327 e. The molecule has 1 aliphatic carbocycles. The van der Waals surface area contributed by atoms with E-state index < -0.39 is 5.97 Å². The number of fused-ring (bicyclic) bond motifs is 2. The van der Waals surface area contributed by atoms with Crippen LogP contribution in [0.25, 0.3) is 11.1 Å². The fourth-order valence-corrected chi connectivity index (χ4v) is 4.78. The number of amides is 1. The number of H-pyrrole nitrogens is 1. The lowest BCUT2D eigenvalue weighted by atomic mass is 9.85. The van der Waals surface area contributed by atoms with Crippen LogP contribution < -0.4 is 10.1 Å².